The van der Waals surface area contributed by atoms with Crippen molar-refractivity contribution in [1.82, 2.24) is 9.55 Å². The minimum Gasteiger partial charge on any atom is -0.496 e. The Hall–Kier alpha value is -2.80. The third kappa shape index (κ3) is 4.84. The molecule has 2 aromatic rings. The molecule has 0 saturated carbocycles. The minimum absolute atomic E-state index is 0.0463. The van der Waals surface area contributed by atoms with Crippen molar-refractivity contribution >= 4 is 23.2 Å². The van der Waals surface area contributed by atoms with E-state index < -0.39 is 11.4 Å². The summed E-state index contributed by atoms with van der Waals surface area (Å²) in [6, 6.07) is 3.86. The summed E-state index contributed by atoms with van der Waals surface area (Å²) < 4.78 is 26.2. The standard InChI is InChI=1S/C22H25ClFN3O3/c1-5-30-20-12-27(11-15-6-7-17(24)16(23)10-15)22(26-21(20)28)25-18-8-14(3)19(29-4)9-13(18)2/h7-10,12,15H,5-6,11H2,1-4H3,(H,25,26,28). The van der Waals surface area contributed by atoms with Gasteiger partial charge >= 0.3 is 5.56 Å². The summed E-state index contributed by atoms with van der Waals surface area (Å²) >= 11 is 5.96. The number of benzene rings is 1. The van der Waals surface area contributed by atoms with Crippen molar-refractivity contribution in [2.75, 3.05) is 19.0 Å². The number of nitrogens with one attached hydrogen (secondary N) is 1. The van der Waals surface area contributed by atoms with Gasteiger partial charge in [-0.1, -0.05) is 17.7 Å². The smallest absolute Gasteiger partial charge is 0.316 e. The van der Waals surface area contributed by atoms with E-state index in [2.05, 4.69) is 10.3 Å². The Morgan fingerprint density at radius 3 is 2.73 bits per heavy atom. The maximum absolute atomic E-state index is 13.6. The van der Waals surface area contributed by atoms with Gasteiger partial charge in [-0.2, -0.15) is 4.98 Å². The topological polar surface area (TPSA) is 65.4 Å². The molecule has 0 bridgehead atoms. The summed E-state index contributed by atoms with van der Waals surface area (Å²) in [6.45, 7) is 6.49. The van der Waals surface area contributed by atoms with Crippen LogP contribution < -0.4 is 20.3 Å². The van der Waals surface area contributed by atoms with Gasteiger partial charge in [0.2, 0.25) is 11.7 Å². The maximum atomic E-state index is 13.6. The highest BCUT2D eigenvalue weighted by atomic mass is 35.5. The highest BCUT2D eigenvalue weighted by molar-refractivity contribution is 6.31. The quantitative estimate of drug-likeness (QED) is 0.665. The van der Waals surface area contributed by atoms with Crippen molar-refractivity contribution in [3.63, 3.8) is 0 Å². The largest absolute Gasteiger partial charge is 0.496 e. The second-order valence-corrected chi connectivity index (χ2v) is 7.55. The summed E-state index contributed by atoms with van der Waals surface area (Å²) in [5.41, 5.74) is 2.24. The number of halogens is 2. The molecule has 1 aromatic carbocycles. The number of aromatic nitrogens is 2. The molecule has 1 N–H and O–H groups in total. The number of allylic oxidation sites excluding steroid dienone is 4. The molecule has 160 valence electrons. The minimum atomic E-state index is -0.457. The number of methoxy groups -OCH3 is 1. The van der Waals surface area contributed by atoms with E-state index in [1.807, 2.05) is 26.0 Å². The molecule has 1 aliphatic rings. The number of anilines is 2. The molecule has 1 aromatic heterocycles. The zero-order valence-electron chi connectivity index (χ0n) is 17.5. The van der Waals surface area contributed by atoms with Gasteiger partial charge in [0.15, 0.2) is 0 Å². The lowest BCUT2D eigenvalue weighted by atomic mass is 10.0. The van der Waals surface area contributed by atoms with E-state index in [4.69, 9.17) is 21.1 Å². The highest BCUT2D eigenvalue weighted by Gasteiger charge is 2.18. The van der Waals surface area contributed by atoms with Gasteiger partial charge in [0.05, 0.1) is 24.9 Å². The predicted molar refractivity (Wildman–Crippen MR) is 117 cm³/mol. The molecular weight excluding hydrogens is 409 g/mol. The van der Waals surface area contributed by atoms with Gasteiger partial charge in [0, 0.05) is 18.2 Å². The number of ether oxygens (including phenoxy) is 2. The molecule has 0 radical (unpaired) electrons. The van der Waals surface area contributed by atoms with Gasteiger partial charge in [-0.3, -0.25) is 4.79 Å². The average Bonchev–Trinajstić information content (AvgIpc) is 2.70. The Morgan fingerprint density at radius 1 is 1.30 bits per heavy atom. The van der Waals surface area contributed by atoms with E-state index in [1.165, 1.54) is 6.08 Å². The zero-order valence-corrected chi connectivity index (χ0v) is 18.2. The van der Waals surface area contributed by atoms with Crippen LogP contribution in [0.4, 0.5) is 16.0 Å². The fraction of sp³-hybridized carbons (Fsp3) is 0.364. The molecule has 0 aliphatic heterocycles. The van der Waals surface area contributed by atoms with E-state index >= 15 is 0 Å². The van der Waals surface area contributed by atoms with E-state index in [-0.39, 0.29) is 16.7 Å². The average molecular weight is 434 g/mol. The van der Waals surface area contributed by atoms with Gasteiger partial charge in [-0.05, 0) is 56.5 Å². The number of hydrogen-bond acceptors (Lipinski definition) is 5. The third-order valence-electron chi connectivity index (χ3n) is 4.89. The van der Waals surface area contributed by atoms with Crippen molar-refractivity contribution in [3.8, 4) is 11.5 Å². The van der Waals surface area contributed by atoms with Crippen molar-refractivity contribution in [2.24, 2.45) is 5.92 Å². The monoisotopic (exact) mass is 433 g/mol. The van der Waals surface area contributed by atoms with Crippen molar-refractivity contribution in [2.45, 2.75) is 33.7 Å². The summed E-state index contributed by atoms with van der Waals surface area (Å²) in [6.07, 6.45) is 5.28. The molecule has 6 nitrogen and oxygen atoms in total. The second kappa shape index (κ2) is 9.34. The fourth-order valence-electron chi connectivity index (χ4n) is 3.32. The van der Waals surface area contributed by atoms with E-state index in [1.54, 1.807) is 30.9 Å². The van der Waals surface area contributed by atoms with Crippen LogP contribution in [0.3, 0.4) is 0 Å². The van der Waals surface area contributed by atoms with Gasteiger partial charge < -0.3 is 19.4 Å². The van der Waals surface area contributed by atoms with Crippen LogP contribution in [-0.2, 0) is 6.54 Å². The molecule has 0 spiro atoms. The number of hydrogen-bond donors (Lipinski definition) is 1. The molecule has 0 fully saturated rings. The first kappa shape index (κ1) is 21.9. The maximum Gasteiger partial charge on any atom is 0.316 e. The predicted octanol–water partition coefficient (Wildman–Crippen LogP) is 5.01. The van der Waals surface area contributed by atoms with Crippen LogP contribution >= 0.6 is 11.6 Å². The van der Waals surface area contributed by atoms with Crippen LogP contribution in [0.2, 0.25) is 0 Å². The lowest BCUT2D eigenvalue weighted by Crippen LogP contribution is -2.21. The highest BCUT2D eigenvalue weighted by Crippen LogP contribution is 2.30. The van der Waals surface area contributed by atoms with Gasteiger partial charge in [0.1, 0.15) is 11.6 Å². The van der Waals surface area contributed by atoms with Crippen LogP contribution in [0.25, 0.3) is 0 Å². The Kier molecular flexibility index (Phi) is 6.82. The summed E-state index contributed by atoms with van der Waals surface area (Å²) in [5.74, 6) is 0.860. The van der Waals surface area contributed by atoms with E-state index in [0.29, 0.717) is 25.5 Å². The first-order valence-corrected chi connectivity index (χ1v) is 10.1. The van der Waals surface area contributed by atoms with Gasteiger partial charge in [-0.25, -0.2) is 4.39 Å². The lowest BCUT2D eigenvalue weighted by molar-refractivity contribution is 0.329. The van der Waals surface area contributed by atoms with Crippen molar-refractivity contribution in [3.05, 3.63) is 62.8 Å². The van der Waals surface area contributed by atoms with E-state index in [9.17, 15) is 9.18 Å². The summed E-state index contributed by atoms with van der Waals surface area (Å²) in [4.78, 5) is 16.6. The fourth-order valence-corrected chi connectivity index (χ4v) is 3.57. The molecular formula is C22H25ClFN3O3. The number of rotatable bonds is 7. The first-order valence-electron chi connectivity index (χ1n) is 9.72. The SMILES string of the molecule is CCOc1cn(CC2C=C(Cl)C(F)=CC2)c(Nc2cc(C)c(OC)cc2C)nc1=O. The molecule has 1 aliphatic carbocycles. The lowest BCUT2D eigenvalue weighted by Gasteiger charge is -2.21. The molecule has 0 saturated heterocycles. The molecule has 30 heavy (non-hydrogen) atoms. The molecule has 1 unspecified atom stereocenters. The molecule has 0 amide bonds. The first-order chi connectivity index (χ1) is 14.3. The van der Waals surface area contributed by atoms with Crippen LogP contribution in [0.5, 0.6) is 11.5 Å². The summed E-state index contributed by atoms with van der Waals surface area (Å²) in [5, 5.41) is 3.35. The normalized spacial score (nSPS) is 16.0. The number of aryl methyl sites for hydroxylation is 2. The molecule has 1 heterocycles. The van der Waals surface area contributed by atoms with Crippen LogP contribution in [0.15, 0.2) is 46.1 Å². The van der Waals surface area contributed by atoms with Crippen molar-refractivity contribution in [1.29, 1.82) is 0 Å². The molecule has 3 rings (SSSR count). The van der Waals surface area contributed by atoms with E-state index in [0.717, 1.165) is 22.6 Å². The second-order valence-electron chi connectivity index (χ2n) is 7.14. The van der Waals surface area contributed by atoms with Gasteiger partial charge in [-0.15, -0.1) is 0 Å². The Labute approximate surface area is 180 Å². The Morgan fingerprint density at radius 2 is 2.07 bits per heavy atom. The number of nitrogens with zero attached hydrogens (tertiary/aromatic N) is 2. The van der Waals surface area contributed by atoms with Crippen LogP contribution in [0.1, 0.15) is 24.5 Å². The Balaban J connectivity index is 1.98. The zero-order chi connectivity index (χ0) is 21.8. The Bertz CT molecular complexity index is 1060. The third-order valence-corrected chi connectivity index (χ3v) is 5.20. The molecule has 1 atom stereocenters. The van der Waals surface area contributed by atoms with Crippen LogP contribution in [-0.4, -0.2) is 23.3 Å². The van der Waals surface area contributed by atoms with Crippen LogP contribution in [0, 0.1) is 19.8 Å². The summed E-state index contributed by atoms with van der Waals surface area (Å²) in [7, 11) is 1.63. The van der Waals surface area contributed by atoms with Crippen molar-refractivity contribution < 1.29 is 13.9 Å². The van der Waals surface area contributed by atoms with Gasteiger partial charge in [0.25, 0.3) is 0 Å². The molecule has 8 heteroatoms.